The van der Waals surface area contributed by atoms with E-state index in [-0.39, 0.29) is 6.04 Å². The van der Waals surface area contributed by atoms with Crippen molar-refractivity contribution in [2.24, 2.45) is 0 Å². The second-order valence-corrected chi connectivity index (χ2v) is 4.45. The lowest BCUT2D eigenvalue weighted by molar-refractivity contribution is 0.288. The lowest BCUT2D eigenvalue weighted by Crippen LogP contribution is -2.26. The van der Waals surface area contributed by atoms with Crippen molar-refractivity contribution in [2.75, 3.05) is 13.2 Å². The predicted octanol–water partition coefficient (Wildman–Crippen LogP) is 2.06. The summed E-state index contributed by atoms with van der Waals surface area (Å²) in [6.45, 7) is 3.56. The number of benzene rings is 1. The quantitative estimate of drug-likeness (QED) is 0.861. The highest BCUT2D eigenvalue weighted by molar-refractivity contribution is 5.38. The molecule has 0 fully saturated rings. The van der Waals surface area contributed by atoms with Crippen LogP contribution in [0.25, 0.3) is 0 Å². The van der Waals surface area contributed by atoms with Gasteiger partial charge < -0.3 is 10.1 Å². The molecule has 0 spiro atoms. The van der Waals surface area contributed by atoms with Crippen LogP contribution in [0, 0.1) is 11.3 Å². The van der Waals surface area contributed by atoms with Crippen LogP contribution in [-0.2, 0) is 12.8 Å². The van der Waals surface area contributed by atoms with Crippen molar-refractivity contribution in [2.45, 2.75) is 32.2 Å². The molecule has 90 valence electrons. The fraction of sp³-hybridized carbons (Fsp3) is 0.500. The molecule has 3 heteroatoms. The number of rotatable bonds is 4. The van der Waals surface area contributed by atoms with Gasteiger partial charge in [0.2, 0.25) is 0 Å². The minimum absolute atomic E-state index is 0.0732. The van der Waals surface area contributed by atoms with Crippen LogP contribution in [0.5, 0.6) is 5.75 Å². The van der Waals surface area contributed by atoms with Gasteiger partial charge in [-0.1, -0.05) is 12.1 Å². The van der Waals surface area contributed by atoms with Crippen LogP contribution in [-0.4, -0.2) is 19.2 Å². The molecule has 1 heterocycles. The van der Waals surface area contributed by atoms with Crippen LogP contribution in [0.2, 0.25) is 0 Å². The second-order valence-electron chi connectivity index (χ2n) is 4.45. The van der Waals surface area contributed by atoms with E-state index in [9.17, 15) is 0 Å². The first-order valence-electron chi connectivity index (χ1n) is 6.17. The van der Waals surface area contributed by atoms with Gasteiger partial charge in [0.15, 0.2) is 0 Å². The summed E-state index contributed by atoms with van der Waals surface area (Å²) in [4.78, 5) is 0. The van der Waals surface area contributed by atoms with Crippen LogP contribution >= 0.6 is 0 Å². The van der Waals surface area contributed by atoms with Crippen molar-refractivity contribution in [3.8, 4) is 11.8 Å². The number of aryl methyl sites for hydroxylation is 1. The van der Waals surface area contributed by atoms with E-state index in [1.54, 1.807) is 0 Å². The Morgan fingerprint density at radius 2 is 2.41 bits per heavy atom. The first kappa shape index (κ1) is 11.9. The number of fused-ring (bicyclic) bond motifs is 1. The summed E-state index contributed by atoms with van der Waals surface area (Å²) in [6.07, 6.45) is 3.19. The minimum atomic E-state index is -0.0732. The molecule has 1 aliphatic heterocycles. The average molecular weight is 230 g/mol. The maximum atomic E-state index is 8.66. The molecular weight excluding hydrogens is 212 g/mol. The zero-order valence-corrected chi connectivity index (χ0v) is 10.2. The van der Waals surface area contributed by atoms with Gasteiger partial charge in [0.05, 0.1) is 18.7 Å². The fourth-order valence-electron chi connectivity index (χ4n) is 2.05. The topological polar surface area (TPSA) is 45.0 Å². The normalized spacial score (nSPS) is 15.5. The van der Waals surface area contributed by atoms with Crippen molar-refractivity contribution >= 4 is 0 Å². The van der Waals surface area contributed by atoms with Crippen LogP contribution in [0.3, 0.4) is 0 Å². The number of nitrogens with zero attached hydrogens (tertiary/aromatic N) is 1. The third-order valence-electron chi connectivity index (χ3n) is 3.03. The van der Waals surface area contributed by atoms with Gasteiger partial charge >= 0.3 is 0 Å². The number of nitriles is 1. The van der Waals surface area contributed by atoms with E-state index >= 15 is 0 Å². The molecule has 1 aliphatic rings. The molecule has 2 rings (SSSR count). The summed E-state index contributed by atoms with van der Waals surface area (Å²) < 4.78 is 5.58. The molecule has 0 bridgehead atoms. The standard InChI is InChI=1S/C14H18N2O/c1-11(10-15)16-7-6-12-4-5-14-13(9-12)3-2-8-17-14/h4-5,9,11,16H,2-3,6-8H2,1H3. The Morgan fingerprint density at radius 1 is 1.53 bits per heavy atom. The van der Waals surface area contributed by atoms with Gasteiger partial charge in [-0.25, -0.2) is 0 Å². The molecule has 0 radical (unpaired) electrons. The Balaban J connectivity index is 1.91. The van der Waals surface area contributed by atoms with E-state index in [4.69, 9.17) is 10.00 Å². The molecule has 0 amide bonds. The molecule has 17 heavy (non-hydrogen) atoms. The van der Waals surface area contributed by atoms with Crippen LogP contribution < -0.4 is 10.1 Å². The summed E-state index contributed by atoms with van der Waals surface area (Å²) in [5.74, 6) is 1.04. The molecule has 0 saturated carbocycles. The van der Waals surface area contributed by atoms with Crippen molar-refractivity contribution in [1.29, 1.82) is 5.26 Å². The number of nitrogens with one attached hydrogen (secondary N) is 1. The van der Waals surface area contributed by atoms with Crippen LogP contribution in [0.1, 0.15) is 24.5 Å². The summed E-state index contributed by atoms with van der Waals surface area (Å²) in [5, 5.41) is 11.8. The van der Waals surface area contributed by atoms with Gasteiger partial charge in [-0.3, -0.25) is 0 Å². The van der Waals surface area contributed by atoms with E-state index in [2.05, 4.69) is 29.6 Å². The number of hydrogen-bond donors (Lipinski definition) is 1. The molecule has 1 unspecified atom stereocenters. The second kappa shape index (κ2) is 5.70. The number of hydrogen-bond acceptors (Lipinski definition) is 3. The largest absolute Gasteiger partial charge is 0.493 e. The summed E-state index contributed by atoms with van der Waals surface area (Å²) in [7, 11) is 0. The van der Waals surface area contributed by atoms with E-state index in [1.165, 1.54) is 11.1 Å². The highest BCUT2D eigenvalue weighted by Crippen LogP contribution is 2.25. The molecule has 3 nitrogen and oxygen atoms in total. The highest BCUT2D eigenvalue weighted by Gasteiger charge is 2.10. The van der Waals surface area contributed by atoms with Crippen molar-refractivity contribution < 1.29 is 4.74 Å². The van der Waals surface area contributed by atoms with Gasteiger partial charge in [0.1, 0.15) is 5.75 Å². The van der Waals surface area contributed by atoms with Crippen LogP contribution in [0.15, 0.2) is 18.2 Å². The molecule has 0 saturated heterocycles. The van der Waals surface area contributed by atoms with E-state index in [0.717, 1.165) is 38.2 Å². The molecule has 1 aromatic carbocycles. The number of ether oxygens (including phenoxy) is 1. The molecule has 1 aromatic rings. The molecule has 0 aromatic heterocycles. The Morgan fingerprint density at radius 3 is 3.24 bits per heavy atom. The maximum absolute atomic E-state index is 8.66. The monoisotopic (exact) mass is 230 g/mol. The molecule has 0 aliphatic carbocycles. The summed E-state index contributed by atoms with van der Waals surface area (Å²) in [5.41, 5.74) is 2.63. The van der Waals surface area contributed by atoms with Crippen molar-refractivity contribution in [3.05, 3.63) is 29.3 Å². The SMILES string of the molecule is CC(C#N)NCCc1ccc2c(c1)CCCO2. The minimum Gasteiger partial charge on any atom is -0.493 e. The zero-order chi connectivity index (χ0) is 12.1. The van der Waals surface area contributed by atoms with E-state index < -0.39 is 0 Å². The van der Waals surface area contributed by atoms with Crippen molar-refractivity contribution in [3.63, 3.8) is 0 Å². The molecule has 1 atom stereocenters. The lowest BCUT2D eigenvalue weighted by Gasteiger charge is -2.18. The van der Waals surface area contributed by atoms with Gasteiger partial charge in [0, 0.05) is 6.54 Å². The summed E-state index contributed by atoms with van der Waals surface area (Å²) in [6, 6.07) is 8.51. The van der Waals surface area contributed by atoms with Gasteiger partial charge in [-0.2, -0.15) is 5.26 Å². The fourth-order valence-corrected chi connectivity index (χ4v) is 2.05. The lowest BCUT2D eigenvalue weighted by atomic mass is 10.0. The Kier molecular flexibility index (Phi) is 4.00. The van der Waals surface area contributed by atoms with E-state index in [1.807, 2.05) is 6.92 Å². The summed E-state index contributed by atoms with van der Waals surface area (Å²) >= 11 is 0. The highest BCUT2D eigenvalue weighted by atomic mass is 16.5. The Bertz CT molecular complexity index is 423. The zero-order valence-electron chi connectivity index (χ0n) is 10.2. The molecule has 1 N–H and O–H groups in total. The molecular formula is C14H18N2O. The Hall–Kier alpha value is -1.53. The van der Waals surface area contributed by atoms with E-state index in [0.29, 0.717) is 0 Å². The maximum Gasteiger partial charge on any atom is 0.122 e. The smallest absolute Gasteiger partial charge is 0.122 e. The third kappa shape index (κ3) is 3.21. The third-order valence-corrected chi connectivity index (χ3v) is 3.03. The van der Waals surface area contributed by atoms with Gasteiger partial charge in [0.25, 0.3) is 0 Å². The van der Waals surface area contributed by atoms with Crippen molar-refractivity contribution in [1.82, 2.24) is 5.32 Å². The average Bonchev–Trinajstić information content (AvgIpc) is 2.38. The van der Waals surface area contributed by atoms with Crippen LogP contribution in [0.4, 0.5) is 0 Å². The predicted molar refractivity (Wildman–Crippen MR) is 67.0 cm³/mol. The first-order valence-corrected chi connectivity index (χ1v) is 6.17. The first-order chi connectivity index (χ1) is 8.29. The van der Waals surface area contributed by atoms with Gasteiger partial charge in [-0.15, -0.1) is 0 Å². The van der Waals surface area contributed by atoms with Gasteiger partial charge in [-0.05, 0) is 43.4 Å². The Labute approximate surface area is 102 Å².